The van der Waals surface area contributed by atoms with Crippen LogP contribution in [0.5, 0.6) is 0 Å². The molecular formula is C13H24N2O. The van der Waals surface area contributed by atoms with Crippen LogP contribution in [0.2, 0.25) is 0 Å². The Morgan fingerprint density at radius 1 is 1.44 bits per heavy atom. The lowest BCUT2D eigenvalue weighted by molar-refractivity contribution is -0.127. The molecule has 16 heavy (non-hydrogen) atoms. The molecule has 3 heteroatoms. The van der Waals surface area contributed by atoms with Crippen LogP contribution >= 0.6 is 0 Å². The Morgan fingerprint density at radius 2 is 2.12 bits per heavy atom. The first-order valence-electron chi connectivity index (χ1n) is 6.71. The first-order valence-corrected chi connectivity index (χ1v) is 6.71. The van der Waals surface area contributed by atoms with Gasteiger partial charge in [0, 0.05) is 12.0 Å². The van der Waals surface area contributed by atoms with E-state index in [1.54, 1.807) is 0 Å². The molecule has 1 heterocycles. The van der Waals surface area contributed by atoms with E-state index in [2.05, 4.69) is 24.5 Å². The highest BCUT2D eigenvalue weighted by Gasteiger charge is 2.31. The summed E-state index contributed by atoms with van der Waals surface area (Å²) in [5.41, 5.74) is 0. The molecule has 2 N–H and O–H groups in total. The van der Waals surface area contributed by atoms with Gasteiger partial charge in [-0.05, 0) is 37.8 Å². The smallest absolute Gasteiger partial charge is 0.223 e. The molecule has 2 fully saturated rings. The maximum atomic E-state index is 12.0. The van der Waals surface area contributed by atoms with E-state index in [4.69, 9.17) is 0 Å². The molecule has 1 aliphatic heterocycles. The molecule has 1 aliphatic carbocycles. The summed E-state index contributed by atoms with van der Waals surface area (Å²) in [6.07, 6.45) is 5.00. The highest BCUT2D eigenvalue weighted by molar-refractivity contribution is 5.79. The molecule has 0 aromatic rings. The molecule has 3 nitrogen and oxygen atoms in total. The first kappa shape index (κ1) is 11.9. The van der Waals surface area contributed by atoms with Crippen molar-refractivity contribution < 1.29 is 4.79 Å². The van der Waals surface area contributed by atoms with Gasteiger partial charge < -0.3 is 10.6 Å². The number of carbonyl (C=O) groups excluding carboxylic acids is 1. The Hall–Kier alpha value is -0.570. The van der Waals surface area contributed by atoms with Crippen molar-refractivity contribution >= 4 is 5.91 Å². The van der Waals surface area contributed by atoms with E-state index < -0.39 is 0 Å². The quantitative estimate of drug-likeness (QED) is 0.718. The predicted octanol–water partition coefficient (Wildman–Crippen LogP) is 1.54. The standard InChI is InChI=1S/C13H24N2O/c1-3-12(6-10-4-5-10)15-13(16)9(2)11-7-14-8-11/h9-12,14H,3-8H2,1-2H3,(H,15,16). The summed E-state index contributed by atoms with van der Waals surface area (Å²) in [6, 6.07) is 0.412. The Kier molecular flexibility index (Phi) is 3.85. The lowest BCUT2D eigenvalue weighted by Crippen LogP contribution is -2.51. The number of rotatable bonds is 6. The number of nitrogens with one attached hydrogen (secondary N) is 2. The zero-order valence-electron chi connectivity index (χ0n) is 10.5. The molecule has 2 unspecified atom stereocenters. The van der Waals surface area contributed by atoms with Crippen molar-refractivity contribution in [2.24, 2.45) is 17.8 Å². The van der Waals surface area contributed by atoms with Crippen LogP contribution in [0, 0.1) is 17.8 Å². The molecular weight excluding hydrogens is 200 g/mol. The highest BCUT2D eigenvalue weighted by Crippen LogP contribution is 2.34. The highest BCUT2D eigenvalue weighted by atomic mass is 16.1. The van der Waals surface area contributed by atoms with Gasteiger partial charge in [-0.3, -0.25) is 4.79 Å². The van der Waals surface area contributed by atoms with Gasteiger partial charge in [0.1, 0.15) is 0 Å². The van der Waals surface area contributed by atoms with Gasteiger partial charge in [0.15, 0.2) is 0 Å². The first-order chi connectivity index (χ1) is 7.70. The minimum atomic E-state index is 0.175. The maximum absolute atomic E-state index is 12.0. The molecule has 0 aromatic heterocycles. The monoisotopic (exact) mass is 224 g/mol. The van der Waals surface area contributed by atoms with Gasteiger partial charge in [-0.15, -0.1) is 0 Å². The molecule has 0 radical (unpaired) electrons. The van der Waals surface area contributed by atoms with Crippen LogP contribution in [0.15, 0.2) is 0 Å². The van der Waals surface area contributed by atoms with E-state index in [0.717, 1.165) is 25.4 Å². The Bertz CT molecular complexity index is 246. The summed E-state index contributed by atoms with van der Waals surface area (Å²) in [5.74, 6) is 1.89. The summed E-state index contributed by atoms with van der Waals surface area (Å²) in [7, 11) is 0. The molecule has 1 saturated heterocycles. The van der Waals surface area contributed by atoms with Gasteiger partial charge in [0.25, 0.3) is 0 Å². The van der Waals surface area contributed by atoms with Crippen LogP contribution in [-0.4, -0.2) is 25.0 Å². The van der Waals surface area contributed by atoms with E-state index in [-0.39, 0.29) is 11.8 Å². The maximum Gasteiger partial charge on any atom is 0.223 e. The molecule has 0 bridgehead atoms. The van der Waals surface area contributed by atoms with Crippen LogP contribution in [0.1, 0.15) is 39.5 Å². The number of hydrogen-bond acceptors (Lipinski definition) is 2. The number of hydrogen-bond donors (Lipinski definition) is 2. The second kappa shape index (κ2) is 5.17. The second-order valence-electron chi connectivity index (χ2n) is 5.50. The van der Waals surface area contributed by atoms with E-state index >= 15 is 0 Å². The summed E-state index contributed by atoms with van der Waals surface area (Å²) in [6.45, 7) is 6.25. The van der Waals surface area contributed by atoms with Gasteiger partial charge in [0.2, 0.25) is 5.91 Å². The SMILES string of the molecule is CCC(CC1CC1)NC(=O)C(C)C1CNC1. The Morgan fingerprint density at radius 3 is 2.56 bits per heavy atom. The van der Waals surface area contributed by atoms with E-state index in [0.29, 0.717) is 12.0 Å². The normalized spacial score (nSPS) is 24.6. The Labute approximate surface area is 98.4 Å². The average Bonchev–Trinajstić information content (AvgIpc) is 2.97. The van der Waals surface area contributed by atoms with E-state index in [1.807, 2.05) is 0 Å². The lowest BCUT2D eigenvalue weighted by Gasteiger charge is -2.32. The van der Waals surface area contributed by atoms with Gasteiger partial charge in [0.05, 0.1) is 0 Å². The zero-order chi connectivity index (χ0) is 11.5. The fourth-order valence-corrected chi connectivity index (χ4v) is 2.29. The number of carbonyl (C=O) groups is 1. The van der Waals surface area contributed by atoms with Crippen molar-refractivity contribution in [3.63, 3.8) is 0 Å². The molecule has 2 rings (SSSR count). The minimum Gasteiger partial charge on any atom is -0.353 e. The van der Waals surface area contributed by atoms with Gasteiger partial charge in [-0.1, -0.05) is 26.7 Å². The van der Waals surface area contributed by atoms with Crippen LogP contribution in [0.3, 0.4) is 0 Å². The van der Waals surface area contributed by atoms with Crippen LogP contribution < -0.4 is 10.6 Å². The van der Waals surface area contributed by atoms with Crippen molar-refractivity contribution in [3.05, 3.63) is 0 Å². The third kappa shape index (κ3) is 2.97. The summed E-state index contributed by atoms with van der Waals surface area (Å²) in [5, 5.41) is 6.45. The average molecular weight is 224 g/mol. The van der Waals surface area contributed by atoms with Crippen molar-refractivity contribution in [2.75, 3.05) is 13.1 Å². The molecule has 0 spiro atoms. The fraction of sp³-hybridized carbons (Fsp3) is 0.923. The molecule has 1 amide bonds. The molecule has 2 atom stereocenters. The van der Waals surface area contributed by atoms with Crippen molar-refractivity contribution in [2.45, 2.75) is 45.6 Å². The fourth-order valence-electron chi connectivity index (χ4n) is 2.29. The Balaban J connectivity index is 1.74. The lowest BCUT2D eigenvalue weighted by atomic mass is 9.88. The van der Waals surface area contributed by atoms with E-state index in [9.17, 15) is 4.79 Å². The van der Waals surface area contributed by atoms with Crippen LogP contribution in [0.4, 0.5) is 0 Å². The van der Waals surface area contributed by atoms with Gasteiger partial charge in [-0.25, -0.2) is 0 Å². The zero-order valence-corrected chi connectivity index (χ0v) is 10.5. The van der Waals surface area contributed by atoms with Gasteiger partial charge in [-0.2, -0.15) is 0 Å². The minimum absolute atomic E-state index is 0.175. The molecule has 0 aromatic carbocycles. The van der Waals surface area contributed by atoms with Crippen molar-refractivity contribution in [1.29, 1.82) is 0 Å². The van der Waals surface area contributed by atoms with Crippen LogP contribution in [-0.2, 0) is 4.79 Å². The summed E-state index contributed by atoms with van der Waals surface area (Å²) < 4.78 is 0. The summed E-state index contributed by atoms with van der Waals surface area (Å²) >= 11 is 0. The van der Waals surface area contributed by atoms with Crippen LogP contribution in [0.25, 0.3) is 0 Å². The second-order valence-corrected chi connectivity index (χ2v) is 5.50. The van der Waals surface area contributed by atoms with Gasteiger partial charge >= 0.3 is 0 Å². The molecule has 2 aliphatic rings. The third-order valence-corrected chi connectivity index (χ3v) is 4.09. The third-order valence-electron chi connectivity index (χ3n) is 4.09. The number of amides is 1. The van der Waals surface area contributed by atoms with Crippen molar-refractivity contribution in [3.8, 4) is 0 Å². The van der Waals surface area contributed by atoms with Crippen molar-refractivity contribution in [1.82, 2.24) is 10.6 Å². The summed E-state index contributed by atoms with van der Waals surface area (Å²) in [4.78, 5) is 12.0. The predicted molar refractivity (Wildman–Crippen MR) is 65.1 cm³/mol. The molecule has 92 valence electrons. The topological polar surface area (TPSA) is 41.1 Å². The van der Waals surface area contributed by atoms with E-state index in [1.165, 1.54) is 19.3 Å². The largest absolute Gasteiger partial charge is 0.353 e. The molecule has 1 saturated carbocycles.